The summed E-state index contributed by atoms with van der Waals surface area (Å²) in [7, 11) is 0. The number of aliphatic hydroxyl groups is 1. The molecule has 3 N–H and O–H groups in total. The monoisotopic (exact) mass is 510 g/mol. The zero-order valence-corrected chi connectivity index (χ0v) is 21.8. The van der Waals surface area contributed by atoms with Crippen molar-refractivity contribution < 1.29 is 9.90 Å². The molecule has 1 amide bonds. The summed E-state index contributed by atoms with van der Waals surface area (Å²) < 4.78 is 0. The van der Waals surface area contributed by atoms with Crippen molar-refractivity contribution in [2.75, 3.05) is 0 Å². The van der Waals surface area contributed by atoms with Gasteiger partial charge in [0, 0.05) is 0 Å². The molecule has 0 unspecified atom stereocenters. The van der Waals surface area contributed by atoms with Crippen molar-refractivity contribution >= 4 is 35.2 Å². The van der Waals surface area contributed by atoms with E-state index in [0.29, 0.717) is 27.8 Å². The molecular weight excluding hydrogens is 479 g/mol. The minimum Gasteiger partial charge on any atom is -0.393 e. The third-order valence-corrected chi connectivity index (χ3v) is 10.4. The fourth-order valence-corrected chi connectivity index (χ4v) is 8.28. The van der Waals surface area contributed by atoms with E-state index >= 15 is 0 Å². The molecule has 184 valence electrons. The van der Waals surface area contributed by atoms with Gasteiger partial charge in [0.1, 0.15) is 11.6 Å². The van der Waals surface area contributed by atoms with E-state index in [1.807, 2.05) is 12.1 Å². The van der Waals surface area contributed by atoms with Crippen LogP contribution < -0.4 is 5.73 Å². The highest BCUT2D eigenvalue weighted by molar-refractivity contribution is 6.42. The van der Waals surface area contributed by atoms with Crippen LogP contribution in [0.15, 0.2) is 46.6 Å². The molecule has 3 saturated carbocycles. The largest absolute Gasteiger partial charge is 0.393 e. The van der Waals surface area contributed by atoms with E-state index in [0.717, 1.165) is 61.7 Å². The van der Waals surface area contributed by atoms with Gasteiger partial charge in [0.15, 0.2) is 0 Å². The summed E-state index contributed by atoms with van der Waals surface area (Å²) in [4.78, 5) is 12.4. The highest BCUT2D eigenvalue weighted by atomic mass is 35.5. The molecule has 1 aromatic rings. The number of nitrogens with two attached hydrogens (primary N) is 1. The highest BCUT2D eigenvalue weighted by Gasteiger charge is 2.59. The van der Waals surface area contributed by atoms with Crippen molar-refractivity contribution in [1.82, 2.24) is 0 Å². The molecule has 0 bridgehead atoms. The van der Waals surface area contributed by atoms with Crippen molar-refractivity contribution in [3.8, 4) is 6.07 Å². The Morgan fingerprint density at radius 2 is 1.89 bits per heavy atom. The van der Waals surface area contributed by atoms with E-state index in [2.05, 4.69) is 32.1 Å². The second kappa shape index (κ2) is 8.80. The standard InChI is InChI=1S/C29H32Cl2N2O2/c1-28-9-7-19(34)14-18(28)4-5-20-22(28)8-10-29(2)23(20)13-17(26(29)21(15-32)27(33)35)11-16-3-6-24(30)25(31)12-16/h3-4,6,11-12,19-20,22-23,34H,5,7-10,13-14H2,1-2H3,(H2,33,35)/b17-11+,26-21-/t19-,20+,22-,23-,28-,29-/m0/s1. The molecule has 0 saturated heterocycles. The maximum atomic E-state index is 12.4. The molecule has 4 nitrogen and oxygen atoms in total. The number of primary amides is 1. The third kappa shape index (κ3) is 3.88. The predicted octanol–water partition coefficient (Wildman–Crippen LogP) is 6.62. The van der Waals surface area contributed by atoms with Crippen LogP contribution in [0.2, 0.25) is 10.0 Å². The number of rotatable bonds is 2. The van der Waals surface area contributed by atoms with Gasteiger partial charge >= 0.3 is 0 Å². The summed E-state index contributed by atoms with van der Waals surface area (Å²) in [5.41, 5.74) is 9.80. The normalized spacial score (nSPS) is 38.6. The molecule has 6 atom stereocenters. The molecule has 5 rings (SSSR count). The fraction of sp³-hybridized carbons (Fsp3) is 0.517. The van der Waals surface area contributed by atoms with E-state index < -0.39 is 5.91 Å². The Morgan fingerprint density at radius 3 is 2.57 bits per heavy atom. The molecule has 3 fully saturated rings. The summed E-state index contributed by atoms with van der Waals surface area (Å²) >= 11 is 12.4. The SMILES string of the molecule is C[C@]12CC[C@H](O)CC1=CC[C@@H]1[C@@H]2CC[C@]2(C)C(=C(/C#N)C(N)=O)/C(=C/c3ccc(Cl)c(Cl)c3)C[C@@H]12. The number of nitriles is 1. The second-order valence-electron chi connectivity index (χ2n) is 11.4. The summed E-state index contributed by atoms with van der Waals surface area (Å²) in [5, 5.41) is 21.2. The average molecular weight is 511 g/mol. The number of carbonyl (C=O) groups is 1. The van der Waals surface area contributed by atoms with Gasteiger partial charge in [0.05, 0.1) is 16.1 Å². The van der Waals surface area contributed by atoms with Gasteiger partial charge in [-0.1, -0.05) is 60.8 Å². The quantitative estimate of drug-likeness (QED) is 0.266. The number of fused-ring (bicyclic) bond motifs is 5. The van der Waals surface area contributed by atoms with Gasteiger partial charge in [-0.25, -0.2) is 0 Å². The molecule has 0 aliphatic heterocycles. The molecule has 0 heterocycles. The Balaban J connectivity index is 1.62. The number of aliphatic hydroxyl groups excluding tert-OH is 1. The Labute approximate surface area is 217 Å². The summed E-state index contributed by atoms with van der Waals surface area (Å²) in [6, 6.07) is 7.64. The van der Waals surface area contributed by atoms with Crippen LogP contribution in [0.4, 0.5) is 0 Å². The van der Waals surface area contributed by atoms with Crippen molar-refractivity contribution in [1.29, 1.82) is 5.26 Å². The van der Waals surface area contributed by atoms with Crippen LogP contribution in [0.5, 0.6) is 0 Å². The highest BCUT2D eigenvalue weighted by Crippen LogP contribution is 2.67. The number of nitrogens with zero attached hydrogens (tertiary/aromatic N) is 1. The van der Waals surface area contributed by atoms with Crippen molar-refractivity contribution in [3.05, 3.63) is 62.2 Å². The van der Waals surface area contributed by atoms with Gasteiger partial charge in [-0.2, -0.15) is 5.26 Å². The minimum absolute atomic E-state index is 0.0822. The van der Waals surface area contributed by atoms with Gasteiger partial charge in [-0.05, 0) is 102 Å². The van der Waals surface area contributed by atoms with Gasteiger partial charge in [0.25, 0.3) is 5.91 Å². The number of halogens is 2. The zero-order chi connectivity index (χ0) is 25.1. The van der Waals surface area contributed by atoms with E-state index in [9.17, 15) is 15.2 Å². The number of hydrogen-bond acceptors (Lipinski definition) is 3. The van der Waals surface area contributed by atoms with Crippen molar-refractivity contribution in [2.24, 2.45) is 34.3 Å². The predicted molar refractivity (Wildman–Crippen MR) is 139 cm³/mol. The Morgan fingerprint density at radius 1 is 1.14 bits per heavy atom. The first-order chi connectivity index (χ1) is 16.6. The van der Waals surface area contributed by atoms with E-state index in [1.165, 1.54) is 5.57 Å². The zero-order valence-electron chi connectivity index (χ0n) is 20.3. The molecule has 0 radical (unpaired) electrons. The average Bonchev–Trinajstić information content (AvgIpc) is 3.09. The van der Waals surface area contributed by atoms with Gasteiger partial charge < -0.3 is 10.8 Å². The maximum Gasteiger partial charge on any atom is 0.259 e. The number of hydrogen-bond donors (Lipinski definition) is 2. The van der Waals surface area contributed by atoms with Gasteiger partial charge in [-0.15, -0.1) is 0 Å². The molecule has 6 heteroatoms. The van der Waals surface area contributed by atoms with Crippen molar-refractivity contribution in [2.45, 2.75) is 64.9 Å². The van der Waals surface area contributed by atoms with Crippen LogP contribution in [-0.2, 0) is 4.79 Å². The Kier molecular flexibility index (Phi) is 6.19. The molecule has 4 aliphatic carbocycles. The molecule has 0 aromatic heterocycles. The number of benzene rings is 1. The summed E-state index contributed by atoms with van der Waals surface area (Å²) in [5.74, 6) is 0.651. The van der Waals surface area contributed by atoms with Crippen LogP contribution in [-0.4, -0.2) is 17.1 Å². The lowest BCUT2D eigenvalue weighted by molar-refractivity contribution is -0.114. The van der Waals surface area contributed by atoms with Crippen molar-refractivity contribution in [3.63, 3.8) is 0 Å². The van der Waals surface area contributed by atoms with Crippen LogP contribution in [0, 0.1) is 39.9 Å². The van der Waals surface area contributed by atoms with Crippen LogP contribution in [0.1, 0.15) is 64.4 Å². The first-order valence-corrected chi connectivity index (χ1v) is 13.3. The van der Waals surface area contributed by atoms with Crippen LogP contribution in [0.3, 0.4) is 0 Å². The Bertz CT molecular complexity index is 1230. The minimum atomic E-state index is -0.661. The topological polar surface area (TPSA) is 87.1 Å². The lowest BCUT2D eigenvalue weighted by Crippen LogP contribution is -2.49. The smallest absolute Gasteiger partial charge is 0.259 e. The lowest BCUT2D eigenvalue weighted by Gasteiger charge is -2.57. The lowest BCUT2D eigenvalue weighted by atomic mass is 9.47. The summed E-state index contributed by atoms with van der Waals surface area (Å²) in [6.07, 6.45) is 10.6. The first kappa shape index (κ1) is 24.6. The van der Waals surface area contributed by atoms with Gasteiger partial charge in [-0.3, -0.25) is 4.79 Å². The number of amides is 1. The van der Waals surface area contributed by atoms with Crippen LogP contribution >= 0.6 is 23.2 Å². The van der Waals surface area contributed by atoms with Gasteiger partial charge in [0.2, 0.25) is 0 Å². The van der Waals surface area contributed by atoms with Crippen LogP contribution in [0.25, 0.3) is 6.08 Å². The molecule has 4 aliphatic rings. The summed E-state index contributed by atoms with van der Waals surface area (Å²) in [6.45, 7) is 4.62. The number of allylic oxidation sites excluding steroid dienone is 3. The Hall–Kier alpha value is -2.06. The van der Waals surface area contributed by atoms with E-state index in [1.54, 1.807) is 6.07 Å². The maximum absolute atomic E-state index is 12.4. The fourth-order valence-electron chi connectivity index (χ4n) is 7.97. The molecular formula is C29H32Cl2N2O2. The number of carbonyl (C=O) groups excluding carboxylic acids is 1. The second-order valence-corrected chi connectivity index (χ2v) is 12.2. The third-order valence-electron chi connectivity index (χ3n) is 9.69. The molecule has 35 heavy (non-hydrogen) atoms. The molecule has 0 spiro atoms. The molecule has 1 aromatic carbocycles. The van der Waals surface area contributed by atoms with E-state index in [4.69, 9.17) is 28.9 Å². The van der Waals surface area contributed by atoms with E-state index in [-0.39, 0.29) is 22.5 Å². The first-order valence-electron chi connectivity index (χ1n) is 12.6.